The zero-order valence-electron chi connectivity index (χ0n) is 10.7. The van der Waals surface area contributed by atoms with E-state index in [9.17, 15) is 4.79 Å². The molecule has 100 valence electrons. The smallest absolute Gasteiger partial charge is 0.250 e. The molecule has 0 unspecified atom stereocenters. The molecule has 2 aromatic heterocycles. The Balaban J connectivity index is 1.81. The molecule has 0 bridgehead atoms. The van der Waals surface area contributed by atoms with Crippen LogP contribution < -0.4 is 15.6 Å². The fourth-order valence-corrected chi connectivity index (χ4v) is 1.64. The quantitative estimate of drug-likeness (QED) is 0.789. The van der Waals surface area contributed by atoms with Crippen LogP contribution in [0.25, 0.3) is 0 Å². The van der Waals surface area contributed by atoms with Crippen molar-refractivity contribution in [3.8, 4) is 5.88 Å². The minimum Gasteiger partial charge on any atom is -0.481 e. The van der Waals surface area contributed by atoms with E-state index in [4.69, 9.17) is 4.74 Å². The standard InChI is InChI=1S/C13H16N4O2/c1-19-11-6-8-15-13(16-11)14-7-4-10-17-9-3-2-5-12(17)18/h2-3,5-6,8-9H,4,7,10H2,1H3,(H,14,15,16). The molecule has 0 spiro atoms. The van der Waals surface area contributed by atoms with Gasteiger partial charge in [-0.15, -0.1) is 0 Å². The minimum atomic E-state index is 0.0140. The number of anilines is 1. The summed E-state index contributed by atoms with van der Waals surface area (Å²) in [5, 5.41) is 3.09. The van der Waals surface area contributed by atoms with E-state index in [1.807, 2.05) is 6.07 Å². The molecule has 0 amide bonds. The van der Waals surface area contributed by atoms with Gasteiger partial charge in [0.05, 0.1) is 7.11 Å². The predicted octanol–water partition coefficient (Wildman–Crippen LogP) is 1.15. The molecule has 0 saturated heterocycles. The topological polar surface area (TPSA) is 69.0 Å². The van der Waals surface area contributed by atoms with Crippen LogP contribution in [0.15, 0.2) is 41.5 Å². The highest BCUT2D eigenvalue weighted by molar-refractivity contribution is 5.26. The van der Waals surface area contributed by atoms with E-state index >= 15 is 0 Å². The SMILES string of the molecule is COc1ccnc(NCCCn2ccccc2=O)n1. The Morgan fingerprint density at radius 3 is 3.05 bits per heavy atom. The second kappa shape index (κ2) is 6.53. The molecule has 2 aromatic rings. The summed E-state index contributed by atoms with van der Waals surface area (Å²) in [4.78, 5) is 19.7. The van der Waals surface area contributed by atoms with Gasteiger partial charge in [-0.05, 0) is 12.5 Å². The fraction of sp³-hybridized carbons (Fsp3) is 0.308. The predicted molar refractivity (Wildman–Crippen MR) is 72.4 cm³/mol. The lowest BCUT2D eigenvalue weighted by atomic mass is 10.4. The molecule has 0 radical (unpaired) electrons. The highest BCUT2D eigenvalue weighted by Crippen LogP contribution is 2.06. The largest absolute Gasteiger partial charge is 0.481 e. The van der Waals surface area contributed by atoms with Crippen LogP contribution in [0.4, 0.5) is 5.95 Å². The van der Waals surface area contributed by atoms with E-state index in [0.29, 0.717) is 24.9 Å². The van der Waals surface area contributed by atoms with Crippen molar-refractivity contribution in [2.24, 2.45) is 0 Å². The van der Waals surface area contributed by atoms with E-state index in [1.165, 1.54) is 0 Å². The van der Waals surface area contributed by atoms with Gasteiger partial charge in [0.15, 0.2) is 0 Å². The van der Waals surface area contributed by atoms with Crippen LogP contribution in [0.3, 0.4) is 0 Å². The van der Waals surface area contributed by atoms with Crippen LogP contribution in [-0.2, 0) is 6.54 Å². The normalized spacial score (nSPS) is 10.2. The summed E-state index contributed by atoms with van der Waals surface area (Å²) in [6.45, 7) is 1.35. The first-order valence-corrected chi connectivity index (χ1v) is 6.06. The van der Waals surface area contributed by atoms with E-state index in [0.717, 1.165) is 6.42 Å². The molecule has 0 aliphatic rings. The first-order valence-electron chi connectivity index (χ1n) is 6.06. The van der Waals surface area contributed by atoms with Crippen molar-refractivity contribution in [3.05, 3.63) is 47.0 Å². The third-order valence-electron chi connectivity index (χ3n) is 2.60. The molecule has 6 heteroatoms. The molecule has 2 rings (SSSR count). The van der Waals surface area contributed by atoms with E-state index in [-0.39, 0.29) is 5.56 Å². The summed E-state index contributed by atoms with van der Waals surface area (Å²) < 4.78 is 6.68. The second-order valence-electron chi connectivity index (χ2n) is 3.94. The van der Waals surface area contributed by atoms with Gasteiger partial charge < -0.3 is 14.6 Å². The summed E-state index contributed by atoms with van der Waals surface area (Å²) in [5.41, 5.74) is 0.0140. The Morgan fingerprint density at radius 1 is 1.37 bits per heavy atom. The number of aromatic nitrogens is 3. The highest BCUT2D eigenvalue weighted by atomic mass is 16.5. The lowest BCUT2D eigenvalue weighted by Crippen LogP contribution is -2.19. The van der Waals surface area contributed by atoms with Crippen molar-refractivity contribution < 1.29 is 4.74 Å². The maximum Gasteiger partial charge on any atom is 0.250 e. The lowest BCUT2D eigenvalue weighted by Gasteiger charge is -2.07. The van der Waals surface area contributed by atoms with Gasteiger partial charge in [0, 0.05) is 37.6 Å². The molecule has 6 nitrogen and oxygen atoms in total. The third-order valence-corrected chi connectivity index (χ3v) is 2.60. The molecule has 0 aliphatic carbocycles. The summed E-state index contributed by atoms with van der Waals surface area (Å²) in [6, 6.07) is 6.83. The molecular formula is C13H16N4O2. The summed E-state index contributed by atoms with van der Waals surface area (Å²) in [6.07, 6.45) is 4.23. The Bertz CT molecular complexity index is 583. The lowest BCUT2D eigenvalue weighted by molar-refractivity contribution is 0.397. The number of ether oxygens (including phenoxy) is 1. The van der Waals surface area contributed by atoms with Crippen molar-refractivity contribution in [3.63, 3.8) is 0 Å². The van der Waals surface area contributed by atoms with Crippen molar-refractivity contribution >= 4 is 5.95 Å². The van der Waals surface area contributed by atoms with Crippen LogP contribution in [0.1, 0.15) is 6.42 Å². The Morgan fingerprint density at radius 2 is 2.26 bits per heavy atom. The Kier molecular flexibility index (Phi) is 4.49. The average molecular weight is 260 g/mol. The number of pyridine rings is 1. The number of rotatable bonds is 6. The Labute approximate surface area is 111 Å². The zero-order chi connectivity index (χ0) is 13.5. The summed E-state index contributed by atoms with van der Waals surface area (Å²) >= 11 is 0. The molecule has 0 saturated carbocycles. The molecule has 0 aliphatic heterocycles. The molecule has 0 atom stereocenters. The fourth-order valence-electron chi connectivity index (χ4n) is 1.64. The highest BCUT2D eigenvalue weighted by Gasteiger charge is 1.98. The molecule has 19 heavy (non-hydrogen) atoms. The number of aryl methyl sites for hydroxylation is 1. The van der Waals surface area contributed by atoms with Crippen LogP contribution >= 0.6 is 0 Å². The number of nitrogens with zero attached hydrogens (tertiary/aromatic N) is 3. The van der Waals surface area contributed by atoms with E-state index < -0.39 is 0 Å². The number of hydrogen-bond acceptors (Lipinski definition) is 5. The minimum absolute atomic E-state index is 0.0140. The molecular weight excluding hydrogens is 244 g/mol. The van der Waals surface area contributed by atoms with Gasteiger partial charge in [-0.3, -0.25) is 4.79 Å². The zero-order valence-corrected chi connectivity index (χ0v) is 10.7. The average Bonchev–Trinajstić information content (AvgIpc) is 2.45. The van der Waals surface area contributed by atoms with Gasteiger partial charge in [-0.1, -0.05) is 6.07 Å². The van der Waals surface area contributed by atoms with Crippen LogP contribution in [-0.4, -0.2) is 28.2 Å². The number of methoxy groups -OCH3 is 1. The van der Waals surface area contributed by atoms with E-state index in [2.05, 4.69) is 15.3 Å². The summed E-state index contributed by atoms with van der Waals surface area (Å²) in [7, 11) is 1.56. The van der Waals surface area contributed by atoms with Crippen molar-refractivity contribution in [1.82, 2.24) is 14.5 Å². The number of nitrogens with one attached hydrogen (secondary N) is 1. The molecule has 0 aromatic carbocycles. The monoisotopic (exact) mass is 260 g/mol. The summed E-state index contributed by atoms with van der Waals surface area (Å²) in [5.74, 6) is 1.05. The van der Waals surface area contributed by atoms with Gasteiger partial charge >= 0.3 is 0 Å². The number of hydrogen-bond donors (Lipinski definition) is 1. The van der Waals surface area contributed by atoms with Crippen molar-refractivity contribution in [2.75, 3.05) is 19.0 Å². The third kappa shape index (κ3) is 3.80. The van der Waals surface area contributed by atoms with Crippen LogP contribution in [0.2, 0.25) is 0 Å². The molecule has 1 N–H and O–H groups in total. The van der Waals surface area contributed by atoms with E-state index in [1.54, 1.807) is 42.3 Å². The van der Waals surface area contributed by atoms with Gasteiger partial charge in [0.2, 0.25) is 17.4 Å². The van der Waals surface area contributed by atoms with Gasteiger partial charge in [0.25, 0.3) is 0 Å². The first kappa shape index (κ1) is 13.1. The molecule has 0 fully saturated rings. The van der Waals surface area contributed by atoms with Crippen LogP contribution in [0, 0.1) is 0 Å². The van der Waals surface area contributed by atoms with Gasteiger partial charge in [-0.25, -0.2) is 4.98 Å². The van der Waals surface area contributed by atoms with Crippen LogP contribution in [0.5, 0.6) is 5.88 Å². The van der Waals surface area contributed by atoms with Crippen molar-refractivity contribution in [2.45, 2.75) is 13.0 Å². The van der Waals surface area contributed by atoms with Crippen molar-refractivity contribution in [1.29, 1.82) is 0 Å². The first-order chi connectivity index (χ1) is 9.29. The maximum atomic E-state index is 11.5. The van der Waals surface area contributed by atoms with Gasteiger partial charge in [-0.2, -0.15) is 4.98 Å². The van der Waals surface area contributed by atoms with Gasteiger partial charge in [0.1, 0.15) is 0 Å². The Hall–Kier alpha value is -2.37. The molecule has 2 heterocycles. The second-order valence-corrected chi connectivity index (χ2v) is 3.94. The maximum absolute atomic E-state index is 11.5.